The average Bonchev–Trinajstić information content (AvgIpc) is 3.08. The van der Waals surface area contributed by atoms with Crippen LogP contribution >= 0.6 is 11.6 Å². The standard InChI is InChI=1S/C17H24ClNO2/c1-2-5-19-11-17(4-7-20-12-17)10-14-9-15(18)8-13-3-6-21-16(13)14/h8-9,19H,2-7,10-12H2,1H3. The Morgan fingerprint density at radius 3 is 3.00 bits per heavy atom. The summed E-state index contributed by atoms with van der Waals surface area (Å²) in [6.07, 6.45) is 4.21. The van der Waals surface area contributed by atoms with Gasteiger partial charge >= 0.3 is 0 Å². The second-order valence-electron chi connectivity index (χ2n) is 6.31. The highest BCUT2D eigenvalue weighted by Crippen LogP contribution is 2.39. The maximum Gasteiger partial charge on any atom is 0.125 e. The number of hydrogen-bond acceptors (Lipinski definition) is 3. The van der Waals surface area contributed by atoms with Gasteiger partial charge in [0.1, 0.15) is 5.75 Å². The third-order valence-electron chi connectivity index (χ3n) is 4.50. The first-order valence-electron chi connectivity index (χ1n) is 7.95. The minimum absolute atomic E-state index is 0.180. The zero-order chi connectivity index (χ0) is 14.7. The predicted octanol–water partition coefficient (Wildman–Crippen LogP) is 3.22. The number of hydrogen-bond donors (Lipinski definition) is 1. The third-order valence-corrected chi connectivity index (χ3v) is 4.72. The smallest absolute Gasteiger partial charge is 0.125 e. The van der Waals surface area contributed by atoms with E-state index in [0.29, 0.717) is 0 Å². The Kier molecular flexibility index (Phi) is 4.72. The maximum atomic E-state index is 6.28. The first-order chi connectivity index (χ1) is 10.2. The van der Waals surface area contributed by atoms with Crippen LogP contribution in [0.3, 0.4) is 0 Å². The third kappa shape index (κ3) is 3.36. The molecule has 0 aromatic heterocycles. The molecule has 2 heterocycles. The van der Waals surface area contributed by atoms with Gasteiger partial charge in [0.15, 0.2) is 0 Å². The second-order valence-corrected chi connectivity index (χ2v) is 6.74. The van der Waals surface area contributed by atoms with Crippen LogP contribution in [0.25, 0.3) is 0 Å². The van der Waals surface area contributed by atoms with Crippen molar-refractivity contribution in [1.82, 2.24) is 5.32 Å². The summed E-state index contributed by atoms with van der Waals surface area (Å²) in [4.78, 5) is 0. The van der Waals surface area contributed by atoms with Crippen molar-refractivity contribution in [2.75, 3.05) is 32.9 Å². The number of rotatable bonds is 6. The zero-order valence-electron chi connectivity index (χ0n) is 12.7. The maximum absolute atomic E-state index is 6.28. The molecule has 3 nitrogen and oxygen atoms in total. The Hall–Kier alpha value is -0.770. The fourth-order valence-corrected chi connectivity index (χ4v) is 3.67. The van der Waals surface area contributed by atoms with E-state index in [1.165, 1.54) is 11.1 Å². The van der Waals surface area contributed by atoms with Gasteiger partial charge in [0.05, 0.1) is 13.2 Å². The monoisotopic (exact) mass is 309 g/mol. The SMILES string of the molecule is CCCNCC1(Cc2cc(Cl)cc3c2OCC3)CCOC1. The molecule has 2 aliphatic heterocycles. The summed E-state index contributed by atoms with van der Waals surface area (Å²) in [5.74, 6) is 1.07. The fraction of sp³-hybridized carbons (Fsp3) is 0.647. The molecule has 3 rings (SSSR count). The first kappa shape index (κ1) is 15.1. The number of ether oxygens (including phenoxy) is 2. The Balaban J connectivity index is 1.80. The lowest BCUT2D eigenvalue weighted by Gasteiger charge is -2.28. The van der Waals surface area contributed by atoms with Crippen LogP contribution in [-0.4, -0.2) is 32.9 Å². The highest BCUT2D eigenvalue weighted by atomic mass is 35.5. The molecule has 0 saturated carbocycles. The van der Waals surface area contributed by atoms with Crippen molar-refractivity contribution in [3.05, 3.63) is 28.3 Å². The first-order valence-corrected chi connectivity index (χ1v) is 8.33. The van der Waals surface area contributed by atoms with Crippen molar-refractivity contribution >= 4 is 11.6 Å². The summed E-state index contributed by atoms with van der Waals surface area (Å²) >= 11 is 6.28. The van der Waals surface area contributed by atoms with Gasteiger partial charge in [0.25, 0.3) is 0 Å². The van der Waals surface area contributed by atoms with E-state index in [0.717, 1.165) is 69.4 Å². The van der Waals surface area contributed by atoms with Crippen LogP contribution in [0.2, 0.25) is 5.02 Å². The van der Waals surface area contributed by atoms with Crippen molar-refractivity contribution < 1.29 is 9.47 Å². The Morgan fingerprint density at radius 2 is 2.24 bits per heavy atom. The molecule has 0 bridgehead atoms. The van der Waals surface area contributed by atoms with E-state index < -0.39 is 0 Å². The summed E-state index contributed by atoms with van der Waals surface area (Å²) in [5, 5.41) is 4.39. The molecule has 1 atom stereocenters. The summed E-state index contributed by atoms with van der Waals surface area (Å²) in [6, 6.07) is 4.12. The zero-order valence-corrected chi connectivity index (χ0v) is 13.5. The molecular formula is C17H24ClNO2. The van der Waals surface area contributed by atoms with E-state index in [1.54, 1.807) is 0 Å². The molecule has 0 spiro atoms. The van der Waals surface area contributed by atoms with E-state index in [2.05, 4.69) is 18.3 Å². The predicted molar refractivity (Wildman–Crippen MR) is 85.4 cm³/mol. The van der Waals surface area contributed by atoms with Crippen LogP contribution in [0.4, 0.5) is 0 Å². The van der Waals surface area contributed by atoms with Crippen molar-refractivity contribution in [2.24, 2.45) is 5.41 Å². The summed E-state index contributed by atoms with van der Waals surface area (Å²) in [5.41, 5.74) is 2.69. The molecule has 1 aromatic rings. The minimum atomic E-state index is 0.180. The van der Waals surface area contributed by atoms with Crippen LogP contribution in [0.5, 0.6) is 5.75 Å². The van der Waals surface area contributed by atoms with Gasteiger partial charge in [0.2, 0.25) is 0 Å². The van der Waals surface area contributed by atoms with Crippen molar-refractivity contribution in [3.8, 4) is 5.75 Å². The van der Waals surface area contributed by atoms with Crippen LogP contribution in [0.15, 0.2) is 12.1 Å². The lowest BCUT2D eigenvalue weighted by atomic mass is 9.80. The normalized spacial score (nSPS) is 24.1. The van der Waals surface area contributed by atoms with Gasteiger partial charge in [0, 0.05) is 30.0 Å². The van der Waals surface area contributed by atoms with Gasteiger partial charge in [-0.1, -0.05) is 18.5 Å². The number of fused-ring (bicyclic) bond motifs is 1. The highest BCUT2D eigenvalue weighted by Gasteiger charge is 2.36. The minimum Gasteiger partial charge on any atom is -0.493 e. The van der Waals surface area contributed by atoms with Crippen LogP contribution < -0.4 is 10.1 Å². The molecule has 1 unspecified atom stereocenters. The van der Waals surface area contributed by atoms with Crippen molar-refractivity contribution in [3.63, 3.8) is 0 Å². The molecule has 116 valence electrons. The van der Waals surface area contributed by atoms with Gasteiger partial charge in [-0.2, -0.15) is 0 Å². The molecule has 1 fully saturated rings. The molecule has 21 heavy (non-hydrogen) atoms. The van der Waals surface area contributed by atoms with E-state index in [9.17, 15) is 0 Å². The Bertz CT molecular complexity index is 498. The lowest BCUT2D eigenvalue weighted by molar-refractivity contribution is 0.149. The number of halogens is 1. The van der Waals surface area contributed by atoms with E-state index in [1.807, 2.05) is 6.07 Å². The Labute approximate surface area is 132 Å². The van der Waals surface area contributed by atoms with E-state index in [4.69, 9.17) is 21.1 Å². The largest absolute Gasteiger partial charge is 0.493 e. The van der Waals surface area contributed by atoms with Crippen molar-refractivity contribution in [2.45, 2.75) is 32.6 Å². The van der Waals surface area contributed by atoms with E-state index >= 15 is 0 Å². The van der Waals surface area contributed by atoms with Gasteiger partial charge in [-0.15, -0.1) is 0 Å². The van der Waals surface area contributed by atoms with E-state index in [-0.39, 0.29) is 5.41 Å². The van der Waals surface area contributed by atoms with Crippen LogP contribution in [0, 0.1) is 5.41 Å². The molecule has 1 N–H and O–H groups in total. The molecular weight excluding hydrogens is 286 g/mol. The Morgan fingerprint density at radius 1 is 1.33 bits per heavy atom. The molecule has 1 aromatic carbocycles. The molecule has 0 radical (unpaired) electrons. The van der Waals surface area contributed by atoms with Gasteiger partial charge in [-0.25, -0.2) is 0 Å². The quantitative estimate of drug-likeness (QED) is 0.818. The van der Waals surface area contributed by atoms with Crippen LogP contribution in [0.1, 0.15) is 30.9 Å². The fourth-order valence-electron chi connectivity index (χ4n) is 3.40. The lowest BCUT2D eigenvalue weighted by Crippen LogP contribution is -2.37. The molecule has 1 saturated heterocycles. The van der Waals surface area contributed by atoms with Gasteiger partial charge < -0.3 is 14.8 Å². The topological polar surface area (TPSA) is 30.5 Å². The number of benzene rings is 1. The van der Waals surface area contributed by atoms with Gasteiger partial charge in [-0.05, 0) is 49.1 Å². The summed E-state index contributed by atoms with van der Waals surface area (Å²) in [7, 11) is 0. The average molecular weight is 310 g/mol. The summed E-state index contributed by atoms with van der Waals surface area (Å²) < 4.78 is 11.5. The van der Waals surface area contributed by atoms with Crippen LogP contribution in [-0.2, 0) is 17.6 Å². The van der Waals surface area contributed by atoms with Crippen molar-refractivity contribution in [1.29, 1.82) is 0 Å². The molecule has 0 amide bonds. The molecule has 2 aliphatic rings. The summed E-state index contributed by atoms with van der Waals surface area (Å²) in [6.45, 7) is 6.72. The highest BCUT2D eigenvalue weighted by molar-refractivity contribution is 6.30. The molecule has 0 aliphatic carbocycles. The number of nitrogens with one attached hydrogen (secondary N) is 1. The van der Waals surface area contributed by atoms with Gasteiger partial charge in [-0.3, -0.25) is 0 Å². The molecule has 4 heteroatoms. The second kappa shape index (κ2) is 6.55.